The van der Waals surface area contributed by atoms with Crippen LogP contribution < -0.4 is 4.74 Å². The highest BCUT2D eigenvalue weighted by atomic mass is 16.5. The first-order valence-corrected chi connectivity index (χ1v) is 7.14. The molecule has 0 aromatic heterocycles. The van der Waals surface area contributed by atoms with Crippen molar-refractivity contribution < 1.29 is 14.3 Å². The molecule has 3 nitrogen and oxygen atoms in total. The van der Waals surface area contributed by atoms with Gasteiger partial charge < -0.3 is 4.74 Å². The van der Waals surface area contributed by atoms with Gasteiger partial charge in [0.1, 0.15) is 17.3 Å². The highest BCUT2D eigenvalue weighted by Crippen LogP contribution is 2.37. The van der Waals surface area contributed by atoms with Gasteiger partial charge in [0, 0.05) is 0 Å². The average Bonchev–Trinajstić information content (AvgIpc) is 2.84. The largest absolute Gasteiger partial charge is 0.496 e. The van der Waals surface area contributed by atoms with Crippen molar-refractivity contribution in [3.63, 3.8) is 0 Å². The Bertz CT molecular complexity index is 544. The van der Waals surface area contributed by atoms with E-state index < -0.39 is 5.92 Å². The molecule has 1 aromatic rings. The van der Waals surface area contributed by atoms with Crippen molar-refractivity contribution in [2.45, 2.75) is 46.5 Å². The molecule has 0 spiro atoms. The summed E-state index contributed by atoms with van der Waals surface area (Å²) in [6, 6.07) is 2.09. The lowest BCUT2D eigenvalue weighted by Gasteiger charge is -2.18. The molecule has 1 aliphatic carbocycles. The molecule has 0 radical (unpaired) electrons. The van der Waals surface area contributed by atoms with Gasteiger partial charge >= 0.3 is 0 Å². The fraction of sp³-hybridized carbons (Fsp3) is 0.529. The predicted molar refractivity (Wildman–Crippen MR) is 78.3 cm³/mol. The molecule has 0 aliphatic heterocycles. The van der Waals surface area contributed by atoms with Crippen LogP contribution >= 0.6 is 0 Å². The first kappa shape index (κ1) is 14.8. The summed E-state index contributed by atoms with van der Waals surface area (Å²) in [5, 5.41) is 0. The van der Waals surface area contributed by atoms with Crippen LogP contribution in [0.5, 0.6) is 5.75 Å². The van der Waals surface area contributed by atoms with Gasteiger partial charge in [0.2, 0.25) is 0 Å². The molecule has 0 unspecified atom stereocenters. The van der Waals surface area contributed by atoms with Crippen molar-refractivity contribution in [2.24, 2.45) is 5.92 Å². The Morgan fingerprint density at radius 3 is 2.35 bits per heavy atom. The van der Waals surface area contributed by atoms with Gasteiger partial charge in [-0.15, -0.1) is 0 Å². The Balaban J connectivity index is 2.43. The van der Waals surface area contributed by atoms with Crippen molar-refractivity contribution in [1.29, 1.82) is 0 Å². The average molecular weight is 274 g/mol. The zero-order valence-electron chi connectivity index (χ0n) is 12.7. The normalized spacial score (nSPS) is 13.4. The zero-order chi connectivity index (χ0) is 14.9. The maximum absolute atomic E-state index is 11.7. The summed E-state index contributed by atoms with van der Waals surface area (Å²) in [6.45, 7) is 5.03. The van der Waals surface area contributed by atoms with Gasteiger partial charge in [0.05, 0.1) is 13.0 Å². The number of methoxy groups -OCH3 is 1. The quantitative estimate of drug-likeness (QED) is 0.775. The molecule has 2 rings (SSSR count). The number of ketones is 2. The molecular formula is C17H22O3. The number of benzene rings is 1. The van der Waals surface area contributed by atoms with E-state index in [9.17, 15) is 9.59 Å². The van der Waals surface area contributed by atoms with E-state index in [1.54, 1.807) is 7.11 Å². The summed E-state index contributed by atoms with van der Waals surface area (Å²) < 4.78 is 5.51. The zero-order valence-corrected chi connectivity index (χ0v) is 12.7. The minimum atomic E-state index is -0.507. The van der Waals surface area contributed by atoms with Crippen LogP contribution in [0.15, 0.2) is 6.07 Å². The van der Waals surface area contributed by atoms with E-state index in [1.165, 1.54) is 25.0 Å². The molecule has 0 saturated heterocycles. The number of rotatable bonds is 5. The van der Waals surface area contributed by atoms with Crippen LogP contribution in [0.25, 0.3) is 0 Å². The summed E-state index contributed by atoms with van der Waals surface area (Å²) in [7, 11) is 1.70. The number of carbonyl (C=O) groups excluding carboxylic acids is 2. The molecule has 0 heterocycles. The second-order valence-corrected chi connectivity index (χ2v) is 5.67. The van der Waals surface area contributed by atoms with Gasteiger partial charge in [-0.2, -0.15) is 0 Å². The van der Waals surface area contributed by atoms with E-state index in [1.807, 2.05) is 6.92 Å². The van der Waals surface area contributed by atoms with E-state index in [0.29, 0.717) is 6.42 Å². The van der Waals surface area contributed by atoms with Gasteiger partial charge in [-0.25, -0.2) is 0 Å². The standard InChI is InChI=1S/C17H22O3/c1-10-8-13(9-16(11(2)18)12(3)19)14-6-5-7-15(14)17(10)20-4/h8,16H,5-7,9H2,1-4H3. The molecule has 3 heteroatoms. The van der Waals surface area contributed by atoms with Crippen molar-refractivity contribution in [3.05, 3.63) is 28.3 Å². The maximum atomic E-state index is 11.7. The van der Waals surface area contributed by atoms with Crippen LogP contribution in [0.1, 0.15) is 42.5 Å². The monoisotopic (exact) mass is 274 g/mol. The van der Waals surface area contributed by atoms with Gasteiger partial charge in [-0.3, -0.25) is 9.59 Å². The number of aryl methyl sites for hydroxylation is 1. The molecule has 20 heavy (non-hydrogen) atoms. The lowest BCUT2D eigenvalue weighted by atomic mass is 9.88. The molecule has 0 atom stereocenters. The number of Topliss-reactive ketones (excluding diaryl/α,β-unsaturated/α-hetero) is 2. The fourth-order valence-corrected chi connectivity index (χ4v) is 3.26. The first-order valence-electron chi connectivity index (χ1n) is 7.14. The summed E-state index contributed by atoms with van der Waals surface area (Å²) in [5.41, 5.74) is 4.80. The first-order chi connectivity index (χ1) is 9.45. The molecule has 108 valence electrons. The summed E-state index contributed by atoms with van der Waals surface area (Å²) >= 11 is 0. The summed E-state index contributed by atoms with van der Waals surface area (Å²) in [4.78, 5) is 23.3. The van der Waals surface area contributed by atoms with E-state index in [4.69, 9.17) is 4.74 Å². The van der Waals surface area contributed by atoms with Gasteiger partial charge in [0.25, 0.3) is 0 Å². The minimum Gasteiger partial charge on any atom is -0.496 e. The van der Waals surface area contributed by atoms with Crippen molar-refractivity contribution >= 4 is 11.6 Å². The second-order valence-electron chi connectivity index (χ2n) is 5.67. The van der Waals surface area contributed by atoms with E-state index >= 15 is 0 Å². The third-order valence-electron chi connectivity index (χ3n) is 4.24. The van der Waals surface area contributed by atoms with Crippen LogP contribution in [0, 0.1) is 12.8 Å². The van der Waals surface area contributed by atoms with E-state index in [2.05, 4.69) is 6.07 Å². The molecule has 0 saturated carbocycles. The molecule has 1 aliphatic rings. The second kappa shape index (κ2) is 5.78. The highest BCUT2D eigenvalue weighted by Gasteiger charge is 2.26. The lowest BCUT2D eigenvalue weighted by molar-refractivity contribution is -0.130. The number of hydrogen-bond donors (Lipinski definition) is 0. The third-order valence-corrected chi connectivity index (χ3v) is 4.24. The summed E-state index contributed by atoms with van der Waals surface area (Å²) in [5.74, 6) is 0.381. The maximum Gasteiger partial charge on any atom is 0.140 e. The molecule has 0 N–H and O–H groups in total. The Morgan fingerprint density at radius 2 is 1.80 bits per heavy atom. The predicted octanol–water partition coefficient (Wildman–Crippen LogP) is 2.83. The van der Waals surface area contributed by atoms with Crippen molar-refractivity contribution in [1.82, 2.24) is 0 Å². The number of carbonyl (C=O) groups is 2. The van der Waals surface area contributed by atoms with Crippen LogP contribution in [-0.2, 0) is 28.9 Å². The summed E-state index contributed by atoms with van der Waals surface area (Å²) in [6.07, 6.45) is 3.69. The lowest BCUT2D eigenvalue weighted by Crippen LogP contribution is -2.22. The van der Waals surface area contributed by atoms with E-state index in [0.717, 1.165) is 36.1 Å². The highest BCUT2D eigenvalue weighted by molar-refractivity contribution is 6.00. The van der Waals surface area contributed by atoms with Crippen LogP contribution in [0.3, 0.4) is 0 Å². The molecule has 0 bridgehead atoms. The molecule has 1 aromatic carbocycles. The molecular weight excluding hydrogens is 252 g/mol. The topological polar surface area (TPSA) is 43.4 Å². The SMILES string of the molecule is COc1c(C)cc(CC(C(C)=O)C(C)=O)c2c1CCC2. The van der Waals surface area contributed by atoms with Crippen LogP contribution in [-0.4, -0.2) is 18.7 Å². The minimum absolute atomic E-state index is 0.0438. The van der Waals surface area contributed by atoms with Gasteiger partial charge in [0.15, 0.2) is 0 Å². The van der Waals surface area contributed by atoms with E-state index in [-0.39, 0.29) is 11.6 Å². The van der Waals surface area contributed by atoms with Crippen molar-refractivity contribution in [2.75, 3.05) is 7.11 Å². The fourth-order valence-electron chi connectivity index (χ4n) is 3.26. The Morgan fingerprint density at radius 1 is 1.20 bits per heavy atom. The number of fused-ring (bicyclic) bond motifs is 1. The Kier molecular flexibility index (Phi) is 4.26. The van der Waals surface area contributed by atoms with Gasteiger partial charge in [-0.1, -0.05) is 6.07 Å². The third kappa shape index (κ3) is 2.62. The number of ether oxygens (including phenoxy) is 1. The number of hydrogen-bond acceptors (Lipinski definition) is 3. The molecule has 0 fully saturated rings. The van der Waals surface area contributed by atoms with Gasteiger partial charge in [-0.05, 0) is 68.7 Å². The Labute approximate surface area is 120 Å². The van der Waals surface area contributed by atoms with Crippen LogP contribution in [0.4, 0.5) is 0 Å². The smallest absolute Gasteiger partial charge is 0.140 e. The molecule has 0 amide bonds. The van der Waals surface area contributed by atoms with Crippen LogP contribution in [0.2, 0.25) is 0 Å². The van der Waals surface area contributed by atoms with Crippen molar-refractivity contribution in [3.8, 4) is 5.75 Å². The Hall–Kier alpha value is -1.64.